The van der Waals surface area contributed by atoms with E-state index in [1.807, 2.05) is 12.1 Å². The molecule has 22 heavy (non-hydrogen) atoms. The van der Waals surface area contributed by atoms with E-state index in [2.05, 4.69) is 5.32 Å². The lowest BCUT2D eigenvalue weighted by molar-refractivity contribution is -0.137. The molecule has 0 saturated carbocycles. The number of amides is 1. The van der Waals surface area contributed by atoms with Crippen LogP contribution in [0.5, 0.6) is 0 Å². The highest BCUT2D eigenvalue weighted by Gasteiger charge is 2.30. The third-order valence-electron chi connectivity index (χ3n) is 3.15. The van der Waals surface area contributed by atoms with Crippen LogP contribution in [0.2, 0.25) is 0 Å². The molecule has 6 heteroatoms. The third-order valence-corrected chi connectivity index (χ3v) is 3.15. The fourth-order valence-electron chi connectivity index (χ4n) is 1.92. The van der Waals surface area contributed by atoms with Crippen molar-refractivity contribution < 1.29 is 18.0 Å². The number of nitrogens with one attached hydrogen (secondary N) is 1. The number of nitrogen functional groups attached to an aromatic ring is 1. The van der Waals surface area contributed by atoms with Crippen molar-refractivity contribution in [1.82, 2.24) is 5.32 Å². The summed E-state index contributed by atoms with van der Waals surface area (Å²) in [6.07, 6.45) is -3.78. The standard InChI is InChI=1S/C16H15F3N2O/c17-16(18,19)13-5-3-12(4-6-13)15(22)21-10-9-11-1-7-14(20)8-2-11/h1-8H,9-10,20H2,(H,21,22). The van der Waals surface area contributed by atoms with E-state index in [1.54, 1.807) is 12.1 Å². The van der Waals surface area contributed by atoms with Crippen molar-refractivity contribution in [2.75, 3.05) is 12.3 Å². The second-order valence-corrected chi connectivity index (χ2v) is 4.82. The summed E-state index contributed by atoms with van der Waals surface area (Å²) in [5.41, 5.74) is 6.68. The average molecular weight is 308 g/mol. The summed E-state index contributed by atoms with van der Waals surface area (Å²) in [7, 11) is 0. The van der Waals surface area contributed by atoms with Gasteiger partial charge in [-0.2, -0.15) is 13.2 Å². The van der Waals surface area contributed by atoms with Crippen LogP contribution in [0.1, 0.15) is 21.5 Å². The third kappa shape index (κ3) is 4.25. The fraction of sp³-hybridized carbons (Fsp3) is 0.188. The van der Waals surface area contributed by atoms with E-state index in [-0.39, 0.29) is 5.56 Å². The smallest absolute Gasteiger partial charge is 0.399 e. The summed E-state index contributed by atoms with van der Waals surface area (Å²) >= 11 is 0. The molecule has 0 atom stereocenters. The van der Waals surface area contributed by atoms with Crippen LogP contribution in [-0.4, -0.2) is 12.5 Å². The summed E-state index contributed by atoms with van der Waals surface area (Å²) in [6.45, 7) is 0.393. The van der Waals surface area contributed by atoms with Gasteiger partial charge < -0.3 is 11.1 Å². The van der Waals surface area contributed by atoms with Gasteiger partial charge in [0.1, 0.15) is 0 Å². The highest BCUT2D eigenvalue weighted by atomic mass is 19.4. The molecule has 0 bridgehead atoms. The molecule has 2 aromatic rings. The number of halogens is 3. The number of benzene rings is 2. The molecule has 0 radical (unpaired) electrons. The number of rotatable bonds is 4. The monoisotopic (exact) mass is 308 g/mol. The quantitative estimate of drug-likeness (QED) is 0.852. The van der Waals surface area contributed by atoms with Gasteiger partial charge in [0.15, 0.2) is 0 Å². The number of anilines is 1. The molecule has 0 saturated heterocycles. The molecule has 3 nitrogen and oxygen atoms in total. The Kier molecular flexibility index (Phi) is 4.70. The molecule has 0 aliphatic heterocycles. The predicted molar refractivity (Wildman–Crippen MR) is 78.3 cm³/mol. The topological polar surface area (TPSA) is 55.1 Å². The highest BCUT2D eigenvalue weighted by molar-refractivity contribution is 5.94. The number of nitrogens with two attached hydrogens (primary N) is 1. The molecule has 116 valence electrons. The average Bonchev–Trinajstić information content (AvgIpc) is 2.48. The Morgan fingerprint density at radius 3 is 2.14 bits per heavy atom. The van der Waals surface area contributed by atoms with Crippen molar-refractivity contribution in [3.8, 4) is 0 Å². The fourth-order valence-corrected chi connectivity index (χ4v) is 1.92. The number of hydrogen-bond donors (Lipinski definition) is 2. The van der Waals surface area contributed by atoms with Gasteiger partial charge in [-0.25, -0.2) is 0 Å². The molecule has 1 amide bonds. The number of hydrogen-bond acceptors (Lipinski definition) is 2. The maximum absolute atomic E-state index is 12.4. The van der Waals surface area contributed by atoms with Gasteiger partial charge in [-0.3, -0.25) is 4.79 Å². The van der Waals surface area contributed by atoms with Gasteiger partial charge in [-0.05, 0) is 48.4 Å². The maximum Gasteiger partial charge on any atom is 0.416 e. The van der Waals surface area contributed by atoms with Gasteiger partial charge in [0, 0.05) is 17.8 Å². The van der Waals surface area contributed by atoms with Gasteiger partial charge in [0.05, 0.1) is 5.56 Å². The second kappa shape index (κ2) is 6.51. The van der Waals surface area contributed by atoms with Gasteiger partial charge >= 0.3 is 6.18 Å². The molecule has 0 spiro atoms. The van der Waals surface area contributed by atoms with E-state index >= 15 is 0 Å². The lowest BCUT2D eigenvalue weighted by atomic mass is 10.1. The molecule has 2 aromatic carbocycles. The first-order chi connectivity index (χ1) is 10.4. The number of carbonyl (C=O) groups is 1. The Morgan fingerprint density at radius 2 is 1.59 bits per heavy atom. The largest absolute Gasteiger partial charge is 0.416 e. The molecular weight excluding hydrogens is 293 g/mol. The van der Waals surface area contributed by atoms with Gasteiger partial charge in [-0.1, -0.05) is 12.1 Å². The first kappa shape index (κ1) is 15.9. The lowest BCUT2D eigenvalue weighted by Crippen LogP contribution is -2.25. The van der Waals surface area contributed by atoms with Crippen molar-refractivity contribution in [3.05, 3.63) is 65.2 Å². The van der Waals surface area contributed by atoms with E-state index in [9.17, 15) is 18.0 Å². The highest BCUT2D eigenvalue weighted by Crippen LogP contribution is 2.29. The van der Waals surface area contributed by atoms with Crippen LogP contribution < -0.4 is 11.1 Å². The maximum atomic E-state index is 12.4. The molecule has 0 fully saturated rings. The van der Waals surface area contributed by atoms with Crippen molar-refractivity contribution in [2.45, 2.75) is 12.6 Å². The normalized spacial score (nSPS) is 11.2. The minimum Gasteiger partial charge on any atom is -0.399 e. The van der Waals surface area contributed by atoms with E-state index in [0.717, 1.165) is 17.7 Å². The Morgan fingerprint density at radius 1 is 1.00 bits per heavy atom. The predicted octanol–water partition coefficient (Wildman–Crippen LogP) is 3.26. The summed E-state index contributed by atoms with van der Waals surface area (Å²) in [4.78, 5) is 11.8. The number of alkyl halides is 3. The Bertz CT molecular complexity index is 634. The van der Waals surface area contributed by atoms with E-state index < -0.39 is 17.6 Å². The Hall–Kier alpha value is -2.50. The minimum absolute atomic E-state index is 0.199. The van der Waals surface area contributed by atoms with Crippen molar-refractivity contribution in [3.63, 3.8) is 0 Å². The van der Waals surface area contributed by atoms with Crippen LogP contribution in [-0.2, 0) is 12.6 Å². The van der Waals surface area contributed by atoms with Crippen LogP contribution in [0.25, 0.3) is 0 Å². The summed E-state index contributed by atoms with van der Waals surface area (Å²) in [6, 6.07) is 11.4. The minimum atomic E-state index is -4.40. The first-order valence-electron chi connectivity index (χ1n) is 6.66. The SMILES string of the molecule is Nc1ccc(CCNC(=O)c2ccc(C(F)(F)F)cc2)cc1. The zero-order valence-electron chi connectivity index (χ0n) is 11.7. The number of carbonyl (C=O) groups excluding carboxylic acids is 1. The second-order valence-electron chi connectivity index (χ2n) is 4.82. The van der Waals surface area contributed by atoms with Gasteiger partial charge in [0.25, 0.3) is 5.91 Å². The first-order valence-corrected chi connectivity index (χ1v) is 6.66. The zero-order valence-corrected chi connectivity index (χ0v) is 11.7. The van der Waals surface area contributed by atoms with Crippen LogP contribution in [0.15, 0.2) is 48.5 Å². The molecule has 0 aromatic heterocycles. The summed E-state index contributed by atoms with van der Waals surface area (Å²) < 4.78 is 37.3. The van der Waals surface area contributed by atoms with Crippen LogP contribution in [0, 0.1) is 0 Å². The molecule has 0 unspecified atom stereocenters. The van der Waals surface area contributed by atoms with E-state index in [4.69, 9.17) is 5.73 Å². The molecule has 0 aliphatic carbocycles. The molecule has 3 N–H and O–H groups in total. The van der Waals surface area contributed by atoms with Crippen LogP contribution in [0.4, 0.5) is 18.9 Å². The summed E-state index contributed by atoms with van der Waals surface area (Å²) in [5, 5.41) is 2.67. The molecule has 0 aliphatic rings. The van der Waals surface area contributed by atoms with Crippen LogP contribution in [0.3, 0.4) is 0 Å². The van der Waals surface area contributed by atoms with E-state index in [1.165, 1.54) is 12.1 Å². The zero-order chi connectivity index (χ0) is 16.2. The van der Waals surface area contributed by atoms with Crippen LogP contribution >= 0.6 is 0 Å². The van der Waals surface area contributed by atoms with Crippen molar-refractivity contribution in [1.29, 1.82) is 0 Å². The molecule has 0 heterocycles. The van der Waals surface area contributed by atoms with Crippen molar-refractivity contribution in [2.24, 2.45) is 0 Å². The summed E-state index contributed by atoms with van der Waals surface area (Å²) in [5.74, 6) is -0.399. The Balaban J connectivity index is 1.88. The molecule has 2 rings (SSSR count). The lowest BCUT2D eigenvalue weighted by Gasteiger charge is -2.08. The Labute approximate surface area is 125 Å². The van der Waals surface area contributed by atoms with Gasteiger partial charge in [0.2, 0.25) is 0 Å². The van der Waals surface area contributed by atoms with Gasteiger partial charge in [-0.15, -0.1) is 0 Å². The van der Waals surface area contributed by atoms with Crippen molar-refractivity contribution >= 4 is 11.6 Å². The van der Waals surface area contributed by atoms with E-state index in [0.29, 0.717) is 18.7 Å². The molecular formula is C16H15F3N2O.